The van der Waals surface area contributed by atoms with Crippen molar-refractivity contribution in [1.29, 1.82) is 0 Å². The molecule has 2 heterocycles. The fourth-order valence-electron chi connectivity index (χ4n) is 2.54. The van der Waals surface area contributed by atoms with Gasteiger partial charge in [0, 0.05) is 11.6 Å². The van der Waals surface area contributed by atoms with Crippen molar-refractivity contribution in [3.05, 3.63) is 59.2 Å². The van der Waals surface area contributed by atoms with Crippen LogP contribution in [-0.2, 0) is 5.41 Å². The van der Waals surface area contributed by atoms with Gasteiger partial charge in [0.2, 0.25) is 0 Å². The van der Waals surface area contributed by atoms with E-state index in [-0.39, 0.29) is 5.41 Å². The molecule has 5 heteroatoms. The molecule has 0 saturated heterocycles. The molecule has 2 N–H and O–H groups in total. The van der Waals surface area contributed by atoms with Crippen LogP contribution in [0.25, 0.3) is 10.6 Å². The minimum absolute atomic E-state index is 0.270. The molecule has 0 amide bonds. The average Bonchev–Trinajstić information content (AvgIpc) is 2.86. The third-order valence-electron chi connectivity index (χ3n) is 4.03. The smallest absolute Gasteiger partial charge is 0.180 e. The molecule has 2 aromatic heterocycles. The molecule has 3 aromatic rings. The van der Waals surface area contributed by atoms with Crippen molar-refractivity contribution in [3.8, 4) is 10.6 Å². The van der Waals surface area contributed by atoms with E-state index in [9.17, 15) is 0 Å². The van der Waals surface area contributed by atoms with Crippen molar-refractivity contribution in [1.82, 2.24) is 15.0 Å². The first-order chi connectivity index (χ1) is 10.9. The third kappa shape index (κ3) is 2.97. The maximum atomic E-state index is 5.81. The van der Waals surface area contributed by atoms with Crippen LogP contribution in [0, 0.1) is 13.8 Å². The highest BCUT2D eigenvalue weighted by Gasteiger charge is 2.27. The van der Waals surface area contributed by atoms with E-state index in [0.29, 0.717) is 5.13 Å². The van der Waals surface area contributed by atoms with Crippen molar-refractivity contribution in [2.24, 2.45) is 0 Å². The van der Waals surface area contributed by atoms with Crippen molar-refractivity contribution in [3.63, 3.8) is 0 Å². The van der Waals surface area contributed by atoms with Gasteiger partial charge in [0.05, 0.1) is 16.3 Å². The van der Waals surface area contributed by atoms with Crippen LogP contribution < -0.4 is 5.73 Å². The topological polar surface area (TPSA) is 64.7 Å². The van der Waals surface area contributed by atoms with Crippen LogP contribution in [0.5, 0.6) is 0 Å². The van der Waals surface area contributed by atoms with Gasteiger partial charge < -0.3 is 5.73 Å². The van der Waals surface area contributed by atoms with Crippen molar-refractivity contribution < 1.29 is 0 Å². The molecule has 4 nitrogen and oxygen atoms in total. The molecule has 0 atom stereocenters. The predicted octanol–water partition coefficient (Wildman–Crippen LogP) is 4.13. The van der Waals surface area contributed by atoms with Gasteiger partial charge >= 0.3 is 0 Å². The zero-order valence-electron chi connectivity index (χ0n) is 13.8. The fourth-order valence-corrected chi connectivity index (χ4v) is 3.34. The number of benzene rings is 1. The highest BCUT2D eigenvalue weighted by atomic mass is 32.1. The lowest BCUT2D eigenvalue weighted by atomic mass is 9.83. The number of hydrogen-bond acceptors (Lipinski definition) is 5. The Labute approximate surface area is 140 Å². The van der Waals surface area contributed by atoms with E-state index in [1.54, 1.807) is 0 Å². The first-order valence-electron chi connectivity index (χ1n) is 7.52. The van der Waals surface area contributed by atoms with Gasteiger partial charge in [0.1, 0.15) is 5.82 Å². The fraction of sp³-hybridized carbons (Fsp3) is 0.278. The van der Waals surface area contributed by atoms with Crippen molar-refractivity contribution in [2.45, 2.75) is 33.1 Å². The number of nitrogen functional groups attached to an aromatic ring is 1. The molecular formula is C18H20N4S. The summed E-state index contributed by atoms with van der Waals surface area (Å²) in [6.45, 7) is 8.33. The van der Waals surface area contributed by atoms with Gasteiger partial charge in [-0.1, -0.05) is 41.2 Å². The first kappa shape index (κ1) is 15.6. The summed E-state index contributed by atoms with van der Waals surface area (Å²) >= 11 is 1.46. The number of aromatic nitrogens is 3. The van der Waals surface area contributed by atoms with E-state index in [0.717, 1.165) is 22.1 Å². The molecule has 0 unspecified atom stereocenters. The Morgan fingerprint density at radius 2 is 1.70 bits per heavy atom. The summed E-state index contributed by atoms with van der Waals surface area (Å²) < 4.78 is 0. The lowest BCUT2D eigenvalue weighted by molar-refractivity contribution is 0.590. The highest BCUT2D eigenvalue weighted by Crippen LogP contribution is 2.33. The van der Waals surface area contributed by atoms with Crippen LogP contribution >= 0.6 is 11.3 Å². The Bertz CT molecular complexity index is 834. The van der Waals surface area contributed by atoms with Gasteiger partial charge in [-0.25, -0.2) is 15.0 Å². The Morgan fingerprint density at radius 3 is 2.30 bits per heavy atom. The van der Waals surface area contributed by atoms with Crippen molar-refractivity contribution in [2.75, 3.05) is 5.73 Å². The molecule has 0 aliphatic rings. The molecule has 0 aliphatic heterocycles. The largest absolute Gasteiger partial charge is 0.375 e. The second kappa shape index (κ2) is 5.74. The molecule has 1 aromatic carbocycles. The second-order valence-electron chi connectivity index (χ2n) is 6.22. The number of nitrogens with zero attached hydrogens (tertiary/aromatic N) is 3. The minimum Gasteiger partial charge on any atom is -0.375 e. The summed E-state index contributed by atoms with van der Waals surface area (Å²) in [5.41, 5.74) is 9.76. The summed E-state index contributed by atoms with van der Waals surface area (Å²) in [4.78, 5) is 14.6. The zero-order valence-corrected chi connectivity index (χ0v) is 14.6. The molecule has 23 heavy (non-hydrogen) atoms. The zero-order chi connectivity index (χ0) is 16.6. The molecule has 0 aliphatic carbocycles. The van der Waals surface area contributed by atoms with Crippen LogP contribution in [0.2, 0.25) is 0 Å². The van der Waals surface area contributed by atoms with Gasteiger partial charge in [-0.15, -0.1) is 0 Å². The summed E-state index contributed by atoms with van der Waals surface area (Å²) in [6, 6.07) is 10.4. The molecule has 0 spiro atoms. The molecular weight excluding hydrogens is 304 g/mol. The number of anilines is 1. The minimum atomic E-state index is -0.270. The Morgan fingerprint density at radius 1 is 1.00 bits per heavy atom. The maximum Gasteiger partial charge on any atom is 0.180 e. The van der Waals surface area contributed by atoms with Gasteiger partial charge in [-0.3, -0.25) is 0 Å². The van der Waals surface area contributed by atoms with Gasteiger partial charge in [0.15, 0.2) is 5.13 Å². The summed E-state index contributed by atoms with van der Waals surface area (Å²) in [5.74, 6) is 0.797. The standard InChI is InChI=1S/C18H20N4S/c1-11-5-7-13(8-6-11)18(3,4)16-20-10-9-14(22-16)15-12(2)21-17(19)23-15/h5-10H,1-4H3,(H2,19,21). The normalized spacial score (nSPS) is 11.7. The predicted molar refractivity (Wildman–Crippen MR) is 95.6 cm³/mol. The van der Waals surface area contributed by atoms with Crippen LogP contribution in [0.15, 0.2) is 36.5 Å². The molecule has 0 radical (unpaired) electrons. The third-order valence-corrected chi connectivity index (χ3v) is 5.04. The van der Waals surface area contributed by atoms with E-state index in [2.05, 4.69) is 55.0 Å². The van der Waals surface area contributed by atoms with E-state index in [1.807, 2.05) is 19.2 Å². The van der Waals surface area contributed by atoms with E-state index in [4.69, 9.17) is 10.7 Å². The van der Waals surface area contributed by atoms with Crippen LogP contribution in [-0.4, -0.2) is 15.0 Å². The van der Waals surface area contributed by atoms with Gasteiger partial charge in [-0.05, 0) is 39.3 Å². The lowest BCUT2D eigenvalue weighted by Crippen LogP contribution is -2.22. The Hall–Kier alpha value is -2.27. The number of nitrogens with two attached hydrogens (primary N) is 1. The van der Waals surface area contributed by atoms with Crippen LogP contribution in [0.4, 0.5) is 5.13 Å². The average molecular weight is 324 g/mol. The number of rotatable bonds is 3. The summed E-state index contributed by atoms with van der Waals surface area (Å²) in [5, 5.41) is 0.565. The molecule has 0 fully saturated rings. The summed E-state index contributed by atoms with van der Waals surface area (Å²) in [6.07, 6.45) is 1.81. The molecule has 118 valence electrons. The molecule has 0 saturated carbocycles. The highest BCUT2D eigenvalue weighted by molar-refractivity contribution is 7.18. The monoisotopic (exact) mass is 324 g/mol. The van der Waals surface area contributed by atoms with Gasteiger partial charge in [-0.2, -0.15) is 0 Å². The number of aryl methyl sites for hydroxylation is 2. The van der Waals surface area contributed by atoms with E-state index in [1.165, 1.54) is 22.5 Å². The number of thiazole rings is 1. The SMILES string of the molecule is Cc1ccc(C(C)(C)c2nccc(-c3sc(N)nc3C)n2)cc1. The van der Waals surface area contributed by atoms with Crippen LogP contribution in [0.1, 0.15) is 36.5 Å². The Balaban J connectivity index is 2.05. The van der Waals surface area contributed by atoms with Crippen LogP contribution in [0.3, 0.4) is 0 Å². The summed E-state index contributed by atoms with van der Waals surface area (Å²) in [7, 11) is 0. The second-order valence-corrected chi connectivity index (χ2v) is 7.25. The van der Waals surface area contributed by atoms with E-state index < -0.39 is 0 Å². The Kier molecular flexibility index (Phi) is 3.90. The maximum absolute atomic E-state index is 5.81. The number of hydrogen-bond donors (Lipinski definition) is 1. The van der Waals surface area contributed by atoms with Gasteiger partial charge in [0.25, 0.3) is 0 Å². The van der Waals surface area contributed by atoms with E-state index >= 15 is 0 Å². The lowest BCUT2D eigenvalue weighted by Gasteiger charge is -2.24. The molecule has 0 bridgehead atoms. The molecule has 3 rings (SSSR count). The quantitative estimate of drug-likeness (QED) is 0.787. The first-order valence-corrected chi connectivity index (χ1v) is 8.33. The van der Waals surface area contributed by atoms with Crippen molar-refractivity contribution >= 4 is 16.5 Å².